The second-order valence-corrected chi connectivity index (χ2v) is 6.48. The van der Waals surface area contributed by atoms with Gasteiger partial charge in [0, 0.05) is 47.2 Å². The number of imidazole rings is 1. The molecule has 0 spiro atoms. The highest BCUT2D eigenvalue weighted by molar-refractivity contribution is 7.84. The molecular weight excluding hydrogens is 298 g/mol. The number of fused-ring (bicyclic) bond motifs is 1. The van der Waals surface area contributed by atoms with Crippen LogP contribution in [-0.2, 0) is 17.2 Å². The summed E-state index contributed by atoms with van der Waals surface area (Å²) < 4.78 is 18.7. The number of hydrogen-bond donors (Lipinski definition) is 0. The molecule has 2 aromatic rings. The molecule has 0 aliphatic carbocycles. The average molecular weight is 316 g/mol. The molecule has 2 rings (SSSR count). The number of ether oxygens (including phenoxy) is 1. The molecule has 0 saturated carbocycles. The van der Waals surface area contributed by atoms with Crippen LogP contribution in [0.4, 0.5) is 0 Å². The predicted octanol–water partition coefficient (Wildman–Crippen LogP) is 2.16. The Kier molecular flexibility index (Phi) is 4.99. The van der Waals surface area contributed by atoms with Gasteiger partial charge in [0.15, 0.2) is 5.65 Å². The van der Waals surface area contributed by atoms with Gasteiger partial charge in [0.25, 0.3) is 0 Å². The number of methoxy groups -OCH3 is 1. The van der Waals surface area contributed by atoms with Crippen LogP contribution >= 0.6 is 11.6 Å². The van der Waals surface area contributed by atoms with E-state index in [0.29, 0.717) is 23.9 Å². The van der Waals surface area contributed by atoms with Crippen LogP contribution in [0.25, 0.3) is 11.2 Å². The second-order valence-electron chi connectivity index (χ2n) is 4.62. The Bertz CT molecular complexity index is 629. The van der Waals surface area contributed by atoms with E-state index in [2.05, 4.69) is 9.97 Å². The van der Waals surface area contributed by atoms with Gasteiger partial charge in [-0.25, -0.2) is 4.98 Å². The molecular formula is C13H18ClN3O2S. The molecule has 0 saturated heterocycles. The number of rotatable bonds is 6. The van der Waals surface area contributed by atoms with Crippen molar-refractivity contribution >= 4 is 33.6 Å². The van der Waals surface area contributed by atoms with E-state index in [1.807, 2.05) is 17.6 Å². The Morgan fingerprint density at radius 1 is 1.45 bits per heavy atom. The highest BCUT2D eigenvalue weighted by Crippen LogP contribution is 2.23. The van der Waals surface area contributed by atoms with Gasteiger partial charge in [-0.3, -0.25) is 4.21 Å². The molecule has 0 aliphatic heterocycles. The van der Waals surface area contributed by atoms with Crippen molar-refractivity contribution in [3.8, 4) is 5.88 Å². The standard InChI is InChI=1S/C13H18ClN3O2S/c1-9(8-20(3)18)17-11(6-7-14)15-10-4-5-12(19-2)16-13(10)17/h4-5,9H,6-8H2,1-3H3. The summed E-state index contributed by atoms with van der Waals surface area (Å²) in [4.78, 5) is 9.03. The summed E-state index contributed by atoms with van der Waals surface area (Å²) in [5.74, 6) is 2.46. The van der Waals surface area contributed by atoms with E-state index in [4.69, 9.17) is 16.3 Å². The summed E-state index contributed by atoms with van der Waals surface area (Å²) in [7, 11) is 0.699. The summed E-state index contributed by atoms with van der Waals surface area (Å²) in [5.41, 5.74) is 1.56. The lowest BCUT2D eigenvalue weighted by molar-refractivity contribution is 0.398. The Morgan fingerprint density at radius 3 is 2.80 bits per heavy atom. The van der Waals surface area contributed by atoms with E-state index in [0.717, 1.165) is 17.0 Å². The summed E-state index contributed by atoms with van der Waals surface area (Å²) in [6.07, 6.45) is 2.35. The van der Waals surface area contributed by atoms with Crippen LogP contribution in [0.15, 0.2) is 12.1 Å². The van der Waals surface area contributed by atoms with Crippen molar-refractivity contribution in [2.75, 3.05) is 25.0 Å². The van der Waals surface area contributed by atoms with Crippen LogP contribution in [0.1, 0.15) is 18.8 Å². The zero-order valence-corrected chi connectivity index (χ0v) is 13.4. The van der Waals surface area contributed by atoms with E-state index >= 15 is 0 Å². The van der Waals surface area contributed by atoms with Gasteiger partial charge in [0.2, 0.25) is 5.88 Å². The van der Waals surface area contributed by atoms with Gasteiger partial charge in [-0.1, -0.05) is 0 Å². The monoisotopic (exact) mass is 315 g/mol. The molecule has 0 fully saturated rings. The summed E-state index contributed by atoms with van der Waals surface area (Å²) in [6.45, 7) is 2.02. The minimum atomic E-state index is -0.883. The van der Waals surface area contributed by atoms with Crippen molar-refractivity contribution < 1.29 is 8.95 Å². The number of nitrogens with zero attached hydrogens (tertiary/aromatic N) is 3. The Morgan fingerprint density at radius 2 is 2.20 bits per heavy atom. The van der Waals surface area contributed by atoms with Crippen LogP contribution in [0, 0.1) is 0 Å². The first-order valence-electron chi connectivity index (χ1n) is 6.34. The number of hydrogen-bond acceptors (Lipinski definition) is 4. The zero-order valence-electron chi connectivity index (χ0n) is 11.8. The second kappa shape index (κ2) is 6.54. The molecule has 0 aliphatic rings. The Labute approximate surface area is 125 Å². The zero-order chi connectivity index (χ0) is 14.7. The van der Waals surface area contributed by atoms with E-state index in [1.54, 1.807) is 19.4 Å². The lowest BCUT2D eigenvalue weighted by Crippen LogP contribution is -2.16. The van der Waals surface area contributed by atoms with Crippen LogP contribution in [0.2, 0.25) is 0 Å². The lowest BCUT2D eigenvalue weighted by atomic mass is 10.3. The van der Waals surface area contributed by atoms with Gasteiger partial charge >= 0.3 is 0 Å². The highest BCUT2D eigenvalue weighted by Gasteiger charge is 2.18. The minimum absolute atomic E-state index is 0.0451. The fourth-order valence-electron chi connectivity index (χ4n) is 2.26. The van der Waals surface area contributed by atoms with Gasteiger partial charge in [0.1, 0.15) is 11.3 Å². The number of aromatic nitrogens is 3. The van der Waals surface area contributed by atoms with Gasteiger partial charge < -0.3 is 9.30 Å². The fraction of sp³-hybridized carbons (Fsp3) is 0.538. The van der Waals surface area contributed by atoms with Crippen LogP contribution < -0.4 is 4.74 Å². The highest BCUT2D eigenvalue weighted by atomic mass is 35.5. The van der Waals surface area contributed by atoms with E-state index in [-0.39, 0.29) is 6.04 Å². The molecule has 0 bridgehead atoms. The number of aryl methyl sites for hydroxylation is 1. The predicted molar refractivity (Wildman–Crippen MR) is 82.1 cm³/mol. The Balaban J connectivity index is 2.56. The summed E-state index contributed by atoms with van der Waals surface area (Å²) in [6, 6.07) is 3.71. The molecule has 110 valence electrons. The molecule has 2 atom stereocenters. The topological polar surface area (TPSA) is 57.0 Å². The van der Waals surface area contributed by atoms with E-state index < -0.39 is 10.8 Å². The van der Waals surface area contributed by atoms with E-state index in [9.17, 15) is 4.21 Å². The third-order valence-corrected chi connectivity index (χ3v) is 4.17. The van der Waals surface area contributed by atoms with Crippen LogP contribution in [0.3, 0.4) is 0 Å². The van der Waals surface area contributed by atoms with Crippen molar-refractivity contribution in [2.24, 2.45) is 0 Å². The van der Waals surface area contributed by atoms with E-state index in [1.165, 1.54) is 0 Å². The van der Waals surface area contributed by atoms with Crippen molar-refractivity contribution in [1.82, 2.24) is 14.5 Å². The third-order valence-electron chi connectivity index (χ3n) is 3.03. The molecule has 0 aromatic carbocycles. The molecule has 2 heterocycles. The van der Waals surface area contributed by atoms with Gasteiger partial charge in [-0.05, 0) is 13.0 Å². The molecule has 5 nitrogen and oxygen atoms in total. The number of pyridine rings is 1. The molecule has 0 radical (unpaired) electrons. The number of halogens is 1. The fourth-order valence-corrected chi connectivity index (χ4v) is 3.25. The maximum absolute atomic E-state index is 11.5. The number of alkyl halides is 1. The SMILES string of the molecule is COc1ccc2nc(CCCl)n(C(C)CS(C)=O)c2n1. The lowest BCUT2D eigenvalue weighted by Gasteiger charge is -2.15. The smallest absolute Gasteiger partial charge is 0.215 e. The van der Waals surface area contributed by atoms with Crippen molar-refractivity contribution in [2.45, 2.75) is 19.4 Å². The minimum Gasteiger partial charge on any atom is -0.481 e. The third kappa shape index (κ3) is 3.12. The first-order valence-corrected chi connectivity index (χ1v) is 8.60. The van der Waals surface area contributed by atoms with Gasteiger partial charge in [-0.15, -0.1) is 11.6 Å². The Hall–Kier alpha value is -1.14. The molecule has 20 heavy (non-hydrogen) atoms. The van der Waals surface area contributed by atoms with Gasteiger partial charge in [-0.2, -0.15) is 4.98 Å². The molecule has 0 amide bonds. The first kappa shape index (κ1) is 15.3. The molecule has 2 aromatic heterocycles. The van der Waals surface area contributed by atoms with Crippen molar-refractivity contribution in [1.29, 1.82) is 0 Å². The first-order chi connectivity index (χ1) is 9.56. The molecule has 7 heteroatoms. The normalized spacial score (nSPS) is 14.4. The van der Waals surface area contributed by atoms with Crippen molar-refractivity contribution in [3.05, 3.63) is 18.0 Å². The molecule has 2 unspecified atom stereocenters. The summed E-state index contributed by atoms with van der Waals surface area (Å²) >= 11 is 5.85. The summed E-state index contributed by atoms with van der Waals surface area (Å²) in [5, 5.41) is 0. The quantitative estimate of drug-likeness (QED) is 0.767. The van der Waals surface area contributed by atoms with Crippen molar-refractivity contribution in [3.63, 3.8) is 0 Å². The largest absolute Gasteiger partial charge is 0.481 e. The molecule has 0 N–H and O–H groups in total. The average Bonchev–Trinajstić information content (AvgIpc) is 2.75. The maximum atomic E-state index is 11.5. The van der Waals surface area contributed by atoms with Crippen LogP contribution in [0.5, 0.6) is 5.88 Å². The van der Waals surface area contributed by atoms with Gasteiger partial charge in [0.05, 0.1) is 7.11 Å². The van der Waals surface area contributed by atoms with Crippen LogP contribution in [-0.4, -0.2) is 43.7 Å². The maximum Gasteiger partial charge on any atom is 0.215 e.